The van der Waals surface area contributed by atoms with Gasteiger partial charge in [0.15, 0.2) is 0 Å². The van der Waals surface area contributed by atoms with Crippen molar-refractivity contribution in [1.29, 1.82) is 0 Å². The Bertz CT molecular complexity index is 656. The Morgan fingerprint density at radius 1 is 1.30 bits per heavy atom. The maximum atomic E-state index is 12.0. The zero-order valence-corrected chi connectivity index (χ0v) is 15.1. The van der Waals surface area contributed by atoms with E-state index in [1.54, 1.807) is 0 Å². The molecule has 1 amide bonds. The van der Waals surface area contributed by atoms with E-state index in [0.29, 0.717) is 11.8 Å². The molecule has 23 heavy (non-hydrogen) atoms. The van der Waals surface area contributed by atoms with E-state index in [9.17, 15) is 4.79 Å². The first-order valence-electron chi connectivity index (χ1n) is 8.58. The Morgan fingerprint density at radius 3 is 2.78 bits per heavy atom. The van der Waals surface area contributed by atoms with Gasteiger partial charge < -0.3 is 5.32 Å². The van der Waals surface area contributed by atoms with Gasteiger partial charge in [-0.05, 0) is 60.3 Å². The lowest BCUT2D eigenvalue weighted by molar-refractivity contribution is -0.121. The molecule has 2 nitrogen and oxygen atoms in total. The first-order chi connectivity index (χ1) is 10.8. The number of aryl methyl sites for hydroxylation is 1. The lowest BCUT2D eigenvalue weighted by Gasteiger charge is -2.34. The Balaban J connectivity index is 1.89. The first-order valence-corrected chi connectivity index (χ1v) is 8.96. The van der Waals surface area contributed by atoms with Crippen LogP contribution in [0.1, 0.15) is 64.0 Å². The predicted octanol–water partition coefficient (Wildman–Crippen LogP) is 5.14. The summed E-state index contributed by atoms with van der Waals surface area (Å²) in [6.07, 6.45) is 7.86. The molecule has 1 aliphatic carbocycles. The summed E-state index contributed by atoms with van der Waals surface area (Å²) in [5.41, 5.74) is 3.97. The van der Waals surface area contributed by atoms with Gasteiger partial charge in [0.2, 0.25) is 5.91 Å². The van der Waals surface area contributed by atoms with Crippen molar-refractivity contribution in [2.75, 3.05) is 0 Å². The number of rotatable bonds is 3. The van der Waals surface area contributed by atoms with Crippen molar-refractivity contribution in [1.82, 2.24) is 5.32 Å². The summed E-state index contributed by atoms with van der Waals surface area (Å²) in [5, 5.41) is 3.72. The van der Waals surface area contributed by atoms with Crippen LogP contribution in [0.15, 0.2) is 30.0 Å². The van der Waals surface area contributed by atoms with Gasteiger partial charge in [-0.3, -0.25) is 4.79 Å². The van der Waals surface area contributed by atoms with Crippen molar-refractivity contribution in [3.63, 3.8) is 0 Å². The molecule has 1 atom stereocenters. The van der Waals surface area contributed by atoms with Crippen molar-refractivity contribution in [2.24, 2.45) is 5.41 Å². The lowest BCUT2D eigenvalue weighted by atomic mass is 9.72. The minimum atomic E-state index is -0.117. The van der Waals surface area contributed by atoms with E-state index in [-0.39, 0.29) is 11.3 Å². The van der Waals surface area contributed by atoms with E-state index >= 15 is 0 Å². The predicted molar refractivity (Wildman–Crippen MR) is 95.6 cm³/mol. The number of allylic oxidation sites excluding steroid dienone is 1. The molecule has 1 aromatic carbocycles. The summed E-state index contributed by atoms with van der Waals surface area (Å²) in [6, 6.07) is 6.47. The van der Waals surface area contributed by atoms with Crippen LogP contribution in [0.25, 0.3) is 0 Å². The fourth-order valence-corrected chi connectivity index (χ4v) is 4.15. The normalized spacial score (nSPS) is 24.2. The van der Waals surface area contributed by atoms with Gasteiger partial charge in [0.05, 0.1) is 0 Å². The van der Waals surface area contributed by atoms with E-state index in [0.717, 1.165) is 37.1 Å². The second kappa shape index (κ2) is 5.98. The Labute approximate surface area is 144 Å². The quantitative estimate of drug-likeness (QED) is 0.815. The van der Waals surface area contributed by atoms with E-state index < -0.39 is 0 Å². The molecule has 0 bridgehead atoms. The number of amides is 1. The zero-order chi connectivity index (χ0) is 16.7. The second-order valence-corrected chi connectivity index (χ2v) is 8.62. The topological polar surface area (TPSA) is 29.1 Å². The largest absolute Gasteiger partial charge is 0.333 e. The molecule has 1 saturated carbocycles. The monoisotopic (exact) mass is 331 g/mol. The van der Waals surface area contributed by atoms with Crippen molar-refractivity contribution < 1.29 is 4.79 Å². The molecular formula is C20H26ClNO. The fourth-order valence-electron chi connectivity index (χ4n) is 3.87. The van der Waals surface area contributed by atoms with Gasteiger partial charge in [-0.2, -0.15) is 0 Å². The molecule has 0 aromatic heterocycles. The number of fused-ring (bicyclic) bond motifs is 1. The molecule has 0 spiro atoms. The molecule has 2 aliphatic rings. The second-order valence-electron chi connectivity index (χ2n) is 8.22. The molecule has 1 heterocycles. The highest BCUT2D eigenvalue weighted by molar-refractivity contribution is 6.31. The van der Waals surface area contributed by atoms with Crippen LogP contribution in [0.3, 0.4) is 0 Å². The summed E-state index contributed by atoms with van der Waals surface area (Å²) >= 11 is 6.58. The van der Waals surface area contributed by atoms with Gasteiger partial charge in [0, 0.05) is 23.1 Å². The third-order valence-corrected chi connectivity index (χ3v) is 5.64. The first kappa shape index (κ1) is 16.6. The fraction of sp³-hybridized carbons (Fsp3) is 0.550. The Hall–Kier alpha value is -1.28. The van der Waals surface area contributed by atoms with E-state index in [1.165, 1.54) is 16.7 Å². The Morgan fingerprint density at radius 2 is 2.09 bits per heavy atom. The van der Waals surface area contributed by atoms with Crippen LogP contribution in [-0.2, 0) is 16.6 Å². The van der Waals surface area contributed by atoms with Crippen molar-refractivity contribution in [2.45, 2.75) is 64.7 Å². The summed E-state index contributed by atoms with van der Waals surface area (Å²) in [5.74, 6) is 0.114. The minimum absolute atomic E-state index is 0.114. The maximum absolute atomic E-state index is 12.0. The van der Waals surface area contributed by atoms with Crippen LogP contribution < -0.4 is 5.32 Å². The molecule has 1 N–H and O–H groups in total. The molecule has 0 radical (unpaired) electrons. The van der Waals surface area contributed by atoms with Crippen molar-refractivity contribution >= 4 is 17.5 Å². The van der Waals surface area contributed by atoms with Gasteiger partial charge >= 0.3 is 0 Å². The van der Waals surface area contributed by atoms with Gasteiger partial charge in [-0.25, -0.2) is 0 Å². The Kier molecular flexibility index (Phi) is 4.31. The zero-order valence-electron chi connectivity index (χ0n) is 14.3. The number of hydrogen-bond donors (Lipinski definition) is 1. The molecule has 1 aromatic rings. The van der Waals surface area contributed by atoms with Crippen LogP contribution in [0.4, 0.5) is 0 Å². The van der Waals surface area contributed by atoms with Crippen LogP contribution in [0, 0.1) is 5.41 Å². The van der Waals surface area contributed by atoms with E-state index in [1.807, 2.05) is 6.20 Å². The average molecular weight is 332 g/mol. The molecule has 1 aliphatic heterocycles. The standard InChI is InChI=1S/C20H26ClNO/c1-19(2,3)10-8-14-6-7-15(11-17(14)21)20-9-4-5-16(20)13-22-18(23)12-20/h6-7,11,13H,4-5,8-10,12H2,1-3H3,(H,22,23). The number of nitrogens with one attached hydrogen (secondary N) is 1. The van der Waals surface area contributed by atoms with Crippen LogP contribution in [0.2, 0.25) is 5.02 Å². The lowest BCUT2D eigenvalue weighted by Crippen LogP contribution is -2.37. The van der Waals surface area contributed by atoms with Crippen LogP contribution in [-0.4, -0.2) is 5.91 Å². The van der Waals surface area contributed by atoms with Crippen molar-refractivity contribution in [3.05, 3.63) is 46.1 Å². The number of carbonyl (C=O) groups excluding carboxylic acids is 1. The third kappa shape index (κ3) is 3.33. The van der Waals surface area contributed by atoms with Crippen LogP contribution >= 0.6 is 11.6 Å². The third-order valence-electron chi connectivity index (χ3n) is 5.28. The minimum Gasteiger partial charge on any atom is -0.333 e. The summed E-state index contributed by atoms with van der Waals surface area (Å²) in [7, 11) is 0. The molecule has 1 unspecified atom stereocenters. The number of halogens is 1. The molecule has 3 heteroatoms. The SMILES string of the molecule is CC(C)(C)CCc1ccc(C23CCCC2=CNC(=O)C3)cc1Cl. The van der Waals surface area contributed by atoms with E-state index in [4.69, 9.17) is 11.6 Å². The van der Waals surface area contributed by atoms with Crippen molar-refractivity contribution in [3.8, 4) is 0 Å². The summed E-state index contributed by atoms with van der Waals surface area (Å²) in [4.78, 5) is 12.0. The van der Waals surface area contributed by atoms with Gasteiger partial charge in [0.1, 0.15) is 0 Å². The molecule has 3 rings (SSSR count). The number of benzene rings is 1. The highest BCUT2D eigenvalue weighted by Crippen LogP contribution is 2.49. The number of carbonyl (C=O) groups is 1. The summed E-state index contributed by atoms with van der Waals surface area (Å²) < 4.78 is 0. The van der Waals surface area contributed by atoms with Gasteiger partial charge in [0.25, 0.3) is 0 Å². The highest BCUT2D eigenvalue weighted by atomic mass is 35.5. The van der Waals surface area contributed by atoms with Gasteiger partial charge in [-0.15, -0.1) is 0 Å². The average Bonchev–Trinajstić information content (AvgIpc) is 2.89. The maximum Gasteiger partial charge on any atom is 0.225 e. The number of hydrogen-bond acceptors (Lipinski definition) is 1. The van der Waals surface area contributed by atoms with E-state index in [2.05, 4.69) is 44.3 Å². The summed E-state index contributed by atoms with van der Waals surface area (Å²) in [6.45, 7) is 6.76. The molecule has 1 fully saturated rings. The van der Waals surface area contributed by atoms with Crippen LogP contribution in [0.5, 0.6) is 0 Å². The molecular weight excluding hydrogens is 306 g/mol. The molecule has 0 saturated heterocycles. The molecule has 124 valence electrons. The van der Waals surface area contributed by atoms with Gasteiger partial charge in [-0.1, -0.05) is 44.5 Å². The highest BCUT2D eigenvalue weighted by Gasteiger charge is 2.43. The smallest absolute Gasteiger partial charge is 0.225 e.